The van der Waals surface area contributed by atoms with Crippen molar-refractivity contribution in [1.82, 2.24) is 0 Å². The number of halogens is 8. The van der Waals surface area contributed by atoms with E-state index in [0.717, 1.165) is 22.9 Å². The summed E-state index contributed by atoms with van der Waals surface area (Å²) in [4.78, 5) is 0. The van der Waals surface area contributed by atoms with Crippen LogP contribution in [0.5, 0.6) is 0 Å². The number of benzene rings is 4. The Balaban J connectivity index is 0.000000191. The van der Waals surface area contributed by atoms with E-state index in [4.69, 9.17) is 17.0 Å². The summed E-state index contributed by atoms with van der Waals surface area (Å²) < 4.78 is 77.9. The van der Waals surface area contributed by atoms with Crippen molar-refractivity contribution >= 4 is 38.6 Å². The van der Waals surface area contributed by atoms with Gasteiger partial charge in [-0.3, -0.25) is 0 Å². The standard InChI is InChI=1S/C18H11F6.C15H11.2ClH.Zr/c1-10-15-5-3-2-4-11(15)8-16(10)12-6-13(17(19,20)21)9-14(7-12)18(22,23)24;1-2-6-12(7-3-1)15-10-13-8-4-5-9-14(13)11-15;;;/h2-9H,1H3;1-11H;2*1H;/q2*-1;;;+4/p-2. The normalized spacial score (nSPS) is 11.4. The van der Waals surface area contributed by atoms with Crippen LogP contribution in [0.4, 0.5) is 26.3 Å². The van der Waals surface area contributed by atoms with Crippen molar-refractivity contribution in [3.63, 3.8) is 0 Å². The molecule has 0 nitrogen and oxygen atoms in total. The Morgan fingerprint density at radius 2 is 1.14 bits per heavy atom. The third kappa shape index (κ3) is 7.75. The first-order chi connectivity index (χ1) is 19.9. The molecule has 0 bridgehead atoms. The van der Waals surface area contributed by atoms with Crippen molar-refractivity contribution in [3.8, 4) is 22.3 Å². The maximum absolute atomic E-state index is 13.0. The Labute approximate surface area is 257 Å². The molecule has 0 fully saturated rings. The number of fused-ring (bicyclic) bond motifs is 2. The Kier molecular flexibility index (Phi) is 10.4. The quantitative estimate of drug-likeness (QED) is 0.125. The molecular formula is C33H22Cl2F6Zr. The van der Waals surface area contributed by atoms with Gasteiger partial charge in [0.1, 0.15) is 0 Å². The first kappa shape index (κ1) is 32.1. The number of hydrogen-bond acceptors (Lipinski definition) is 0. The van der Waals surface area contributed by atoms with Gasteiger partial charge in [-0.25, -0.2) is 0 Å². The van der Waals surface area contributed by atoms with E-state index in [0.29, 0.717) is 11.1 Å². The molecule has 0 aliphatic rings. The van der Waals surface area contributed by atoms with E-state index >= 15 is 0 Å². The molecular weight excluding hydrogens is 672 g/mol. The van der Waals surface area contributed by atoms with E-state index in [-0.39, 0.29) is 11.6 Å². The van der Waals surface area contributed by atoms with Gasteiger partial charge in [0.15, 0.2) is 0 Å². The van der Waals surface area contributed by atoms with Gasteiger partial charge in [0.2, 0.25) is 0 Å². The molecule has 0 aromatic heterocycles. The molecule has 0 amide bonds. The minimum atomic E-state index is -4.85. The summed E-state index contributed by atoms with van der Waals surface area (Å²) in [6, 6.07) is 33.8. The first-order valence-electron chi connectivity index (χ1n) is 12.5. The fourth-order valence-electron chi connectivity index (χ4n) is 4.73. The van der Waals surface area contributed by atoms with Crippen LogP contribution in [0.2, 0.25) is 0 Å². The van der Waals surface area contributed by atoms with E-state index < -0.39 is 44.3 Å². The minimum Gasteiger partial charge on any atom is -0.145 e. The molecule has 6 aromatic carbocycles. The summed E-state index contributed by atoms with van der Waals surface area (Å²) in [5.74, 6) is 0. The van der Waals surface area contributed by atoms with Crippen molar-refractivity contribution in [1.29, 1.82) is 0 Å². The smallest absolute Gasteiger partial charge is 0.0635 e. The van der Waals surface area contributed by atoms with Crippen LogP contribution in [0.25, 0.3) is 43.8 Å². The maximum Gasteiger partial charge on any atom is -0.0635 e. The largest absolute Gasteiger partial charge is 0.145 e. The Morgan fingerprint density at radius 3 is 1.69 bits per heavy atom. The van der Waals surface area contributed by atoms with Crippen molar-refractivity contribution in [3.05, 3.63) is 132 Å². The minimum absolute atomic E-state index is 0.0918. The summed E-state index contributed by atoms with van der Waals surface area (Å²) in [6.07, 6.45) is -9.70. The molecule has 6 aromatic rings. The molecule has 0 N–H and O–H groups in total. The number of alkyl halides is 6. The van der Waals surface area contributed by atoms with E-state index in [1.165, 1.54) is 21.9 Å². The molecule has 0 unspecified atom stereocenters. The molecule has 214 valence electrons. The molecule has 0 aliphatic carbocycles. The first-order valence-corrected chi connectivity index (χ1v) is 18.9. The van der Waals surface area contributed by atoms with Crippen LogP contribution in [-0.4, -0.2) is 0 Å². The molecule has 0 radical (unpaired) electrons. The number of aryl methyl sites for hydroxylation is 1. The number of rotatable bonds is 2. The van der Waals surface area contributed by atoms with E-state index in [9.17, 15) is 26.3 Å². The fraction of sp³-hybridized carbons (Fsp3) is 0.0909. The van der Waals surface area contributed by atoms with Gasteiger partial charge in [-0.2, -0.15) is 26.3 Å². The third-order valence-electron chi connectivity index (χ3n) is 6.69. The summed E-state index contributed by atoms with van der Waals surface area (Å²) >= 11 is -0.826. The SMILES string of the molecule is C[c-]1c(-c2cc(C(F)(F)F)cc(C(F)(F)F)c2)cc2ccccc21.[Cl][Zr+2][Cl].c1ccc(-c2cc3ccccc3[cH-]2)cc1. The molecule has 0 atom stereocenters. The van der Waals surface area contributed by atoms with Crippen LogP contribution >= 0.6 is 17.0 Å². The van der Waals surface area contributed by atoms with Gasteiger partial charge in [-0.1, -0.05) is 96.9 Å². The van der Waals surface area contributed by atoms with Crippen LogP contribution in [0.3, 0.4) is 0 Å². The summed E-state index contributed by atoms with van der Waals surface area (Å²) in [6.45, 7) is 1.69. The Hall–Kier alpha value is -2.86. The monoisotopic (exact) mass is 692 g/mol. The Bertz CT molecular complexity index is 1700. The van der Waals surface area contributed by atoms with Crippen LogP contribution in [0.15, 0.2) is 115 Å². The van der Waals surface area contributed by atoms with Crippen LogP contribution in [-0.2, 0) is 33.2 Å². The van der Waals surface area contributed by atoms with Gasteiger partial charge in [-0.05, 0) is 6.07 Å². The zero-order valence-electron chi connectivity index (χ0n) is 22.0. The molecule has 0 saturated heterocycles. The van der Waals surface area contributed by atoms with Gasteiger partial charge in [0.25, 0.3) is 0 Å². The van der Waals surface area contributed by atoms with E-state index in [2.05, 4.69) is 60.7 Å². The molecule has 0 heterocycles. The second-order valence-electron chi connectivity index (χ2n) is 9.38. The van der Waals surface area contributed by atoms with Crippen molar-refractivity contribution in [2.45, 2.75) is 19.3 Å². The van der Waals surface area contributed by atoms with Crippen LogP contribution in [0.1, 0.15) is 16.7 Å². The predicted molar refractivity (Wildman–Crippen MR) is 156 cm³/mol. The topological polar surface area (TPSA) is 0 Å². The average Bonchev–Trinajstić information content (AvgIpc) is 3.55. The summed E-state index contributed by atoms with van der Waals surface area (Å²) in [5.41, 5.74) is 0.899. The molecule has 6 rings (SSSR count). The second kappa shape index (κ2) is 13.6. The zero-order valence-corrected chi connectivity index (χ0v) is 26.0. The van der Waals surface area contributed by atoms with Gasteiger partial charge in [0, 0.05) is 11.1 Å². The van der Waals surface area contributed by atoms with Crippen molar-refractivity contribution < 1.29 is 47.2 Å². The molecule has 0 aliphatic heterocycles. The molecule has 0 spiro atoms. The van der Waals surface area contributed by atoms with Gasteiger partial charge < -0.3 is 0 Å². The van der Waals surface area contributed by atoms with E-state index in [1.807, 2.05) is 6.07 Å². The van der Waals surface area contributed by atoms with Gasteiger partial charge in [0.05, 0.1) is 0 Å². The fourth-order valence-corrected chi connectivity index (χ4v) is 4.73. The Morgan fingerprint density at radius 1 is 0.619 bits per heavy atom. The van der Waals surface area contributed by atoms with Crippen molar-refractivity contribution in [2.24, 2.45) is 0 Å². The van der Waals surface area contributed by atoms with Crippen molar-refractivity contribution in [2.75, 3.05) is 0 Å². The van der Waals surface area contributed by atoms with Gasteiger partial charge in [-0.15, -0.1) is 68.6 Å². The molecule has 42 heavy (non-hydrogen) atoms. The zero-order chi connectivity index (χ0) is 30.5. The number of hydrogen-bond donors (Lipinski definition) is 0. The average molecular weight is 695 g/mol. The van der Waals surface area contributed by atoms with Crippen LogP contribution < -0.4 is 0 Å². The molecule has 0 saturated carbocycles. The summed E-state index contributed by atoms with van der Waals surface area (Å²) in [5, 5.41) is 4.21. The maximum atomic E-state index is 13.0. The predicted octanol–water partition coefficient (Wildman–Crippen LogP) is 12.2. The van der Waals surface area contributed by atoms with Crippen LogP contribution in [0, 0.1) is 6.92 Å². The molecule has 9 heteroatoms. The third-order valence-corrected chi connectivity index (χ3v) is 6.69. The second-order valence-corrected chi connectivity index (χ2v) is 13.1. The van der Waals surface area contributed by atoms with Gasteiger partial charge >= 0.3 is 50.2 Å². The van der Waals surface area contributed by atoms with E-state index in [1.54, 1.807) is 37.3 Å². The summed E-state index contributed by atoms with van der Waals surface area (Å²) in [7, 11) is 9.87.